The van der Waals surface area contributed by atoms with E-state index in [1.807, 2.05) is 0 Å². The zero-order valence-electron chi connectivity index (χ0n) is 12.5. The summed E-state index contributed by atoms with van der Waals surface area (Å²) in [5, 5.41) is 19.9. The van der Waals surface area contributed by atoms with Gasteiger partial charge in [0.05, 0.1) is 17.9 Å². The second-order valence-electron chi connectivity index (χ2n) is 4.95. The van der Waals surface area contributed by atoms with Gasteiger partial charge in [0.2, 0.25) is 0 Å². The number of carbonyl (C=O) groups is 2. The highest BCUT2D eigenvalue weighted by Crippen LogP contribution is 2.30. The molecule has 1 unspecified atom stereocenters. The maximum Gasteiger partial charge on any atom is 0.417 e. The van der Waals surface area contributed by atoms with Gasteiger partial charge in [-0.1, -0.05) is 6.92 Å². The van der Waals surface area contributed by atoms with Gasteiger partial charge in [0.1, 0.15) is 11.3 Å². The highest BCUT2D eigenvalue weighted by atomic mass is 19.4. The molecule has 0 aromatic carbocycles. The first-order valence-electron chi connectivity index (χ1n) is 6.91. The van der Waals surface area contributed by atoms with Gasteiger partial charge < -0.3 is 15.5 Å². The van der Waals surface area contributed by atoms with Gasteiger partial charge in [-0.2, -0.15) is 13.2 Å². The maximum atomic E-state index is 12.9. The van der Waals surface area contributed by atoms with Crippen LogP contribution in [0.1, 0.15) is 28.7 Å². The molecule has 2 rings (SSSR count). The molecule has 2 aromatic heterocycles. The molecule has 24 heavy (non-hydrogen) atoms. The lowest BCUT2D eigenvalue weighted by Gasteiger charge is -2.13. The van der Waals surface area contributed by atoms with Gasteiger partial charge in [0.15, 0.2) is 6.04 Å². The summed E-state index contributed by atoms with van der Waals surface area (Å²) < 4.78 is 39.6. The molecule has 0 fully saturated rings. The fourth-order valence-corrected chi connectivity index (χ4v) is 2.16. The van der Waals surface area contributed by atoms with Gasteiger partial charge in [-0.25, -0.2) is 9.78 Å². The number of aliphatic carboxylic acids is 1. The second-order valence-corrected chi connectivity index (χ2v) is 4.95. The van der Waals surface area contributed by atoms with Crippen LogP contribution in [-0.2, 0) is 17.4 Å². The first-order valence-corrected chi connectivity index (χ1v) is 6.91. The average molecular weight is 345 g/mol. The molecule has 0 saturated heterocycles. The van der Waals surface area contributed by atoms with E-state index in [0.29, 0.717) is 0 Å². The lowest BCUT2D eigenvalue weighted by molar-refractivity contribution is -0.140. The van der Waals surface area contributed by atoms with Crippen LogP contribution in [0.15, 0.2) is 18.3 Å². The Labute approximate surface area is 133 Å². The third-order valence-electron chi connectivity index (χ3n) is 3.35. The van der Waals surface area contributed by atoms with Gasteiger partial charge in [-0.15, -0.1) is 0 Å². The number of carboxylic acid groups (broad SMARTS) is 1. The molecule has 0 spiro atoms. The van der Waals surface area contributed by atoms with Crippen molar-refractivity contribution in [1.29, 1.82) is 0 Å². The number of carboxylic acids is 1. The predicted molar refractivity (Wildman–Crippen MR) is 75.5 cm³/mol. The Hall–Kier alpha value is -2.62. The largest absolute Gasteiger partial charge is 0.480 e. The number of hydrogen-bond acceptors (Lipinski definition) is 4. The Bertz CT molecular complexity index is 785. The van der Waals surface area contributed by atoms with Crippen molar-refractivity contribution < 1.29 is 33.0 Å². The van der Waals surface area contributed by atoms with E-state index < -0.39 is 36.3 Å². The van der Waals surface area contributed by atoms with Gasteiger partial charge >= 0.3 is 12.1 Å². The first kappa shape index (κ1) is 17.7. The normalized spacial score (nSPS) is 13.0. The maximum absolute atomic E-state index is 12.9. The molecule has 10 heteroatoms. The van der Waals surface area contributed by atoms with Crippen molar-refractivity contribution in [2.75, 3.05) is 6.61 Å². The van der Waals surface area contributed by atoms with E-state index in [1.54, 1.807) is 6.92 Å². The first-order chi connectivity index (χ1) is 11.2. The van der Waals surface area contributed by atoms with Crippen LogP contribution >= 0.6 is 0 Å². The minimum absolute atomic E-state index is 0.126. The van der Waals surface area contributed by atoms with Crippen molar-refractivity contribution in [3.8, 4) is 0 Å². The van der Waals surface area contributed by atoms with Crippen LogP contribution in [0.5, 0.6) is 0 Å². The number of hydrogen-bond donors (Lipinski definition) is 3. The number of imidazole rings is 1. The summed E-state index contributed by atoms with van der Waals surface area (Å²) in [4.78, 5) is 27.3. The van der Waals surface area contributed by atoms with Gasteiger partial charge in [0, 0.05) is 6.20 Å². The van der Waals surface area contributed by atoms with E-state index in [1.165, 1.54) is 0 Å². The Morgan fingerprint density at radius 2 is 2.04 bits per heavy atom. The van der Waals surface area contributed by atoms with Crippen LogP contribution in [0, 0.1) is 0 Å². The van der Waals surface area contributed by atoms with Crippen LogP contribution in [0.3, 0.4) is 0 Å². The van der Waals surface area contributed by atoms with E-state index in [4.69, 9.17) is 10.2 Å². The summed E-state index contributed by atoms with van der Waals surface area (Å²) in [5.74, 6) is -2.39. The van der Waals surface area contributed by atoms with Gasteiger partial charge in [-0.3, -0.25) is 9.20 Å². The third kappa shape index (κ3) is 3.32. The molecule has 0 saturated carbocycles. The smallest absolute Gasteiger partial charge is 0.417 e. The Kier molecular flexibility index (Phi) is 4.78. The molecule has 3 N–H and O–H groups in total. The van der Waals surface area contributed by atoms with E-state index in [9.17, 15) is 22.8 Å². The van der Waals surface area contributed by atoms with Crippen molar-refractivity contribution >= 4 is 17.5 Å². The number of amides is 1. The minimum atomic E-state index is -4.60. The summed E-state index contributed by atoms with van der Waals surface area (Å²) in [7, 11) is 0. The molecular weight excluding hydrogens is 331 g/mol. The van der Waals surface area contributed by atoms with Crippen molar-refractivity contribution in [2.45, 2.75) is 25.6 Å². The van der Waals surface area contributed by atoms with Crippen LogP contribution < -0.4 is 5.32 Å². The van der Waals surface area contributed by atoms with Crippen LogP contribution in [0.2, 0.25) is 0 Å². The molecular formula is C14H14F3N3O4. The number of halogens is 3. The van der Waals surface area contributed by atoms with Crippen molar-refractivity contribution in [3.63, 3.8) is 0 Å². The van der Waals surface area contributed by atoms with E-state index >= 15 is 0 Å². The van der Waals surface area contributed by atoms with Crippen LogP contribution in [0.4, 0.5) is 13.2 Å². The van der Waals surface area contributed by atoms with Gasteiger partial charge in [0.25, 0.3) is 5.91 Å². The number of fused-ring (bicyclic) bond motifs is 1. The summed E-state index contributed by atoms with van der Waals surface area (Å²) in [6.45, 7) is 0.803. The minimum Gasteiger partial charge on any atom is -0.480 e. The monoisotopic (exact) mass is 345 g/mol. The molecule has 0 aliphatic carbocycles. The van der Waals surface area contributed by atoms with E-state index in [-0.39, 0.29) is 23.5 Å². The van der Waals surface area contributed by atoms with Crippen LogP contribution in [-0.4, -0.2) is 44.1 Å². The van der Waals surface area contributed by atoms with E-state index in [2.05, 4.69) is 10.3 Å². The molecule has 2 heterocycles. The molecule has 1 amide bonds. The summed E-state index contributed by atoms with van der Waals surface area (Å²) in [5.41, 5.74) is -0.825. The summed E-state index contributed by atoms with van der Waals surface area (Å²) in [6.07, 6.45) is -3.62. The molecule has 1 atom stereocenters. The number of aliphatic hydroxyl groups is 1. The number of nitrogens with one attached hydrogen (secondary N) is 1. The summed E-state index contributed by atoms with van der Waals surface area (Å²) in [6, 6.07) is 0.398. The Morgan fingerprint density at radius 1 is 1.38 bits per heavy atom. The summed E-state index contributed by atoms with van der Waals surface area (Å²) >= 11 is 0. The lowest BCUT2D eigenvalue weighted by Crippen LogP contribution is -2.43. The van der Waals surface area contributed by atoms with Crippen molar-refractivity contribution in [2.24, 2.45) is 0 Å². The molecule has 0 bridgehead atoms. The number of aromatic nitrogens is 2. The molecule has 130 valence electrons. The molecule has 7 nitrogen and oxygen atoms in total. The van der Waals surface area contributed by atoms with Crippen molar-refractivity contribution in [3.05, 3.63) is 35.3 Å². The fraction of sp³-hybridized carbons (Fsp3) is 0.357. The Balaban J connectivity index is 2.54. The molecule has 0 aliphatic heterocycles. The number of alkyl halides is 3. The number of rotatable bonds is 5. The highest BCUT2D eigenvalue weighted by Gasteiger charge is 2.32. The van der Waals surface area contributed by atoms with Crippen LogP contribution in [0.25, 0.3) is 5.65 Å². The number of carbonyl (C=O) groups excluding carboxylic acids is 1. The lowest BCUT2D eigenvalue weighted by atomic mass is 10.2. The topological polar surface area (TPSA) is 104 Å². The number of pyridine rings is 1. The zero-order chi connectivity index (χ0) is 18.1. The SMILES string of the molecule is CCc1nc2ccc(C(F)(F)F)cn2c1C(=O)NC(CO)C(=O)O. The Morgan fingerprint density at radius 3 is 2.54 bits per heavy atom. The van der Waals surface area contributed by atoms with Gasteiger partial charge in [-0.05, 0) is 18.6 Å². The van der Waals surface area contributed by atoms with E-state index in [0.717, 1.165) is 22.7 Å². The number of aryl methyl sites for hydroxylation is 1. The number of nitrogens with zero attached hydrogens (tertiary/aromatic N) is 2. The zero-order valence-corrected chi connectivity index (χ0v) is 12.5. The standard InChI is InChI=1S/C14H14F3N3O4/c1-2-8-11(12(22)19-9(6-21)13(23)24)20-5-7(14(15,16)17)3-4-10(20)18-8/h3-5,9,21H,2,6H2,1H3,(H,19,22)(H,23,24). The fourth-order valence-electron chi connectivity index (χ4n) is 2.16. The highest BCUT2D eigenvalue weighted by molar-refractivity contribution is 5.97. The molecule has 0 aliphatic rings. The second kappa shape index (κ2) is 6.48. The average Bonchev–Trinajstić information content (AvgIpc) is 2.88. The number of aliphatic hydroxyl groups excluding tert-OH is 1. The quantitative estimate of drug-likeness (QED) is 0.753. The molecule has 0 radical (unpaired) electrons. The predicted octanol–water partition coefficient (Wildman–Crippen LogP) is 1.09. The third-order valence-corrected chi connectivity index (χ3v) is 3.35. The van der Waals surface area contributed by atoms with Crippen molar-refractivity contribution in [1.82, 2.24) is 14.7 Å². The molecule has 2 aromatic rings.